The van der Waals surface area contributed by atoms with Gasteiger partial charge in [-0.15, -0.1) is 0 Å². The van der Waals surface area contributed by atoms with Gasteiger partial charge in [-0.3, -0.25) is 4.62 Å². The summed E-state index contributed by atoms with van der Waals surface area (Å²) in [5.41, 5.74) is 4.57. The highest BCUT2D eigenvalue weighted by Crippen LogP contribution is 2.51. The number of hydrogen-bond acceptors (Lipinski definition) is 8. The molecule has 1 aromatic rings. The van der Waals surface area contributed by atoms with Crippen molar-refractivity contribution in [2.24, 2.45) is 0 Å². The van der Waals surface area contributed by atoms with Crippen molar-refractivity contribution in [3.8, 4) is 5.75 Å². The molecule has 2 heterocycles. The lowest BCUT2D eigenvalue weighted by atomic mass is 10.5. The minimum absolute atomic E-state index is 0.0618. The average molecular weight is 237 g/mol. The summed E-state index contributed by atoms with van der Waals surface area (Å²) in [6, 6.07) is 0. The minimum Gasteiger partial charge on any atom is -0.388 e. The molecule has 0 spiro atoms. The van der Waals surface area contributed by atoms with E-state index in [1.807, 2.05) is 0 Å². The van der Waals surface area contributed by atoms with Crippen LogP contribution in [-0.2, 0) is 8.54 Å². The van der Waals surface area contributed by atoms with Crippen molar-refractivity contribution in [2.75, 3.05) is 5.73 Å². The van der Waals surface area contributed by atoms with E-state index in [0.717, 1.165) is 6.20 Å². The van der Waals surface area contributed by atoms with Crippen LogP contribution >= 0.6 is 20.7 Å². The van der Waals surface area contributed by atoms with Gasteiger partial charge in [-0.05, 0) is 12.9 Å². The molecule has 0 amide bonds. The third-order valence-electron chi connectivity index (χ3n) is 1.43. The highest BCUT2D eigenvalue weighted by Gasteiger charge is 2.38. The maximum absolute atomic E-state index is 11.4. The summed E-state index contributed by atoms with van der Waals surface area (Å²) in [6.07, 6.45) is 1.02. The van der Waals surface area contributed by atoms with Crippen LogP contribution in [0.5, 0.6) is 5.75 Å². The van der Waals surface area contributed by atoms with E-state index in [1.165, 1.54) is 0 Å². The van der Waals surface area contributed by atoms with Gasteiger partial charge < -0.3 is 10.3 Å². The normalized spacial score (nSPS) is 23.8. The molecule has 0 fully saturated rings. The van der Waals surface area contributed by atoms with Gasteiger partial charge in [0.05, 0.1) is 6.20 Å². The molecule has 2 bridgehead atoms. The molecule has 2 rings (SSSR count). The van der Waals surface area contributed by atoms with Crippen LogP contribution in [0.4, 0.5) is 5.82 Å². The molecule has 1 atom stereocenters. The Hall–Kier alpha value is -1.18. The Kier molecular flexibility index (Phi) is 1.95. The highest BCUT2D eigenvalue weighted by molar-refractivity contribution is 7.80. The van der Waals surface area contributed by atoms with Crippen molar-refractivity contribution in [3.05, 3.63) is 16.7 Å². The molecule has 0 aromatic carbocycles. The van der Waals surface area contributed by atoms with Crippen LogP contribution in [0.2, 0.25) is 0 Å². The third-order valence-corrected chi connectivity index (χ3v) is 3.01. The first-order valence-electron chi connectivity index (χ1n) is 3.26. The molecule has 0 saturated carbocycles. The first kappa shape index (κ1) is 9.38. The lowest BCUT2D eigenvalue weighted by molar-refractivity contribution is 0.171. The molecule has 0 radical (unpaired) electrons. The van der Waals surface area contributed by atoms with Gasteiger partial charge in [0, 0.05) is 0 Å². The van der Waals surface area contributed by atoms with Gasteiger partial charge in [0.1, 0.15) is 0 Å². The van der Waals surface area contributed by atoms with Gasteiger partial charge in [0.25, 0.3) is 0 Å². The zero-order chi connectivity index (χ0) is 10.3. The largest absolute Gasteiger partial charge is 0.618 e. The SMILES string of the molecule is Nc1c2cnc(=O)n1OP(=O)(OS)O2. The number of rotatable bonds is 1. The van der Waals surface area contributed by atoms with Crippen molar-refractivity contribution in [2.45, 2.75) is 0 Å². The van der Waals surface area contributed by atoms with E-state index < -0.39 is 13.5 Å². The number of hydrogen-bond donors (Lipinski definition) is 2. The summed E-state index contributed by atoms with van der Waals surface area (Å²) in [4.78, 5) is 14.4. The second-order valence-corrected chi connectivity index (χ2v) is 4.18. The van der Waals surface area contributed by atoms with E-state index in [2.05, 4.69) is 26.5 Å². The summed E-state index contributed by atoms with van der Waals surface area (Å²) in [5, 5.41) is 0. The third kappa shape index (κ3) is 1.26. The zero-order valence-electron chi connectivity index (χ0n) is 6.48. The molecule has 1 unspecified atom stereocenters. The number of nitrogen functional groups attached to an aromatic ring is 1. The van der Waals surface area contributed by atoms with Crippen molar-refractivity contribution < 1.29 is 17.7 Å². The number of phosphoric acid groups is 1. The maximum Gasteiger partial charge on any atom is 0.618 e. The molecular weight excluding hydrogens is 233 g/mol. The summed E-state index contributed by atoms with van der Waals surface area (Å²) in [5.74, 6) is -0.199. The number of aromatic nitrogens is 2. The number of nitrogens with zero attached hydrogens (tertiary/aromatic N) is 2. The Morgan fingerprint density at radius 3 is 3.07 bits per heavy atom. The molecule has 1 aromatic heterocycles. The second kappa shape index (κ2) is 2.91. The Balaban J connectivity index is 2.62. The fourth-order valence-corrected chi connectivity index (χ4v) is 1.88. The minimum atomic E-state index is -3.91. The quantitative estimate of drug-likeness (QED) is 0.389. The highest BCUT2D eigenvalue weighted by atomic mass is 32.1. The van der Waals surface area contributed by atoms with Crippen LogP contribution in [-0.4, -0.2) is 9.71 Å². The number of anilines is 1. The number of fused-ring (bicyclic) bond motifs is 2. The molecule has 14 heavy (non-hydrogen) atoms. The fourth-order valence-electron chi connectivity index (χ4n) is 0.853. The maximum atomic E-state index is 11.4. The van der Waals surface area contributed by atoms with Crippen LogP contribution in [0.15, 0.2) is 11.0 Å². The fraction of sp³-hybridized carbons (Fsp3) is 0. The average Bonchev–Trinajstić information content (AvgIpc) is 2.16. The molecule has 0 saturated heterocycles. The van der Waals surface area contributed by atoms with Gasteiger partial charge in [-0.1, -0.05) is 4.73 Å². The number of nitrogens with two attached hydrogens (primary N) is 1. The Morgan fingerprint density at radius 1 is 1.71 bits per heavy atom. The van der Waals surface area contributed by atoms with E-state index in [0.29, 0.717) is 4.73 Å². The van der Waals surface area contributed by atoms with Crippen LogP contribution in [0.25, 0.3) is 0 Å². The first-order valence-corrected chi connectivity index (χ1v) is 5.09. The smallest absolute Gasteiger partial charge is 0.388 e. The monoisotopic (exact) mass is 237 g/mol. The number of thiol groups is 1. The topological polar surface area (TPSA) is 106 Å². The first-order chi connectivity index (χ1) is 6.56. The molecule has 2 N–H and O–H groups in total. The molecule has 76 valence electrons. The van der Waals surface area contributed by atoms with E-state index >= 15 is 0 Å². The van der Waals surface area contributed by atoms with Crippen LogP contribution in [0.3, 0.4) is 0 Å². The second-order valence-electron chi connectivity index (χ2n) is 2.29. The Labute approximate surface area is 82.8 Å². The van der Waals surface area contributed by atoms with Crippen molar-refractivity contribution >= 4 is 26.6 Å². The van der Waals surface area contributed by atoms with Crippen molar-refractivity contribution in [1.82, 2.24) is 9.71 Å². The Morgan fingerprint density at radius 2 is 2.43 bits per heavy atom. The standard InChI is InChI=1S/C4H4N3O5PS/c5-3-2-1-6-4(8)7(3)11-13(9,10-2)12-14/h1,14H,5H2. The van der Waals surface area contributed by atoms with Gasteiger partial charge >= 0.3 is 13.5 Å². The van der Waals surface area contributed by atoms with Crippen LogP contribution in [0, 0.1) is 0 Å². The summed E-state index contributed by atoms with van der Waals surface area (Å²) >= 11 is 3.29. The van der Waals surface area contributed by atoms with Gasteiger partial charge in [-0.25, -0.2) is 9.36 Å². The molecule has 1 aliphatic rings. The summed E-state index contributed by atoms with van der Waals surface area (Å²) in [7, 11) is -3.91. The molecule has 1 aliphatic heterocycles. The van der Waals surface area contributed by atoms with Crippen molar-refractivity contribution in [3.63, 3.8) is 0 Å². The van der Waals surface area contributed by atoms with Gasteiger partial charge in [0.15, 0.2) is 11.6 Å². The van der Waals surface area contributed by atoms with E-state index in [9.17, 15) is 9.36 Å². The van der Waals surface area contributed by atoms with Gasteiger partial charge in [0.2, 0.25) is 0 Å². The predicted octanol–water partition coefficient (Wildman–Crippen LogP) is -0.384. The summed E-state index contributed by atoms with van der Waals surface area (Å²) < 4.78 is 25.4. The van der Waals surface area contributed by atoms with E-state index in [1.54, 1.807) is 0 Å². The lowest BCUT2D eigenvalue weighted by Gasteiger charge is -2.22. The Bertz CT molecular complexity index is 486. The van der Waals surface area contributed by atoms with Crippen LogP contribution in [0.1, 0.15) is 0 Å². The predicted molar refractivity (Wildman–Crippen MR) is 47.8 cm³/mol. The zero-order valence-corrected chi connectivity index (χ0v) is 8.27. The summed E-state index contributed by atoms with van der Waals surface area (Å²) in [6.45, 7) is 0. The molecule has 8 nitrogen and oxygen atoms in total. The molecule has 0 aliphatic carbocycles. The van der Waals surface area contributed by atoms with E-state index in [4.69, 9.17) is 10.3 Å². The van der Waals surface area contributed by atoms with E-state index in [-0.39, 0.29) is 11.6 Å². The molecule has 10 heteroatoms. The van der Waals surface area contributed by atoms with Gasteiger partial charge in [-0.2, -0.15) is 8.95 Å². The van der Waals surface area contributed by atoms with Crippen LogP contribution < -0.4 is 20.6 Å². The molecular formula is C4H4N3O5PS. The van der Waals surface area contributed by atoms with Crippen molar-refractivity contribution in [1.29, 1.82) is 0 Å². The lowest BCUT2D eigenvalue weighted by Crippen LogP contribution is -2.34.